The Balaban J connectivity index is 1.31. The number of amides is 1. The predicted molar refractivity (Wildman–Crippen MR) is 190 cm³/mol. The summed E-state index contributed by atoms with van der Waals surface area (Å²) >= 11 is 0. The number of para-hydroxylation sites is 1. The van der Waals surface area contributed by atoms with E-state index in [4.69, 9.17) is 14.2 Å². The summed E-state index contributed by atoms with van der Waals surface area (Å²) in [6.07, 6.45) is 10.1. The molecule has 3 fully saturated rings. The van der Waals surface area contributed by atoms with Gasteiger partial charge >= 0.3 is 6.09 Å². The van der Waals surface area contributed by atoms with Crippen LogP contribution in [0.4, 0.5) is 10.5 Å². The number of hydrogen-bond donors (Lipinski definition) is 0. The van der Waals surface area contributed by atoms with Crippen molar-refractivity contribution in [1.29, 1.82) is 0 Å². The second kappa shape index (κ2) is 13.5. The van der Waals surface area contributed by atoms with E-state index in [2.05, 4.69) is 72.5 Å². The van der Waals surface area contributed by atoms with E-state index in [9.17, 15) is 4.79 Å². The van der Waals surface area contributed by atoms with E-state index in [1.54, 1.807) is 4.90 Å². The SMILES string of the molecule is CCc1ccccc1OCc1cc(-c2cccc([C@@H]3COC(C)(C)N3C(=O)OC(C)(C)C)c2)cc(N2CCC3(CCCCC3)CC2)c1. The Kier molecular flexibility index (Phi) is 9.62. The Morgan fingerprint density at radius 3 is 2.36 bits per heavy atom. The zero-order valence-electron chi connectivity index (χ0n) is 29.4. The summed E-state index contributed by atoms with van der Waals surface area (Å²) in [5.41, 5.74) is 6.15. The first-order chi connectivity index (χ1) is 22.5. The molecule has 6 rings (SSSR count). The first-order valence-corrected chi connectivity index (χ1v) is 17.8. The molecule has 3 aromatic carbocycles. The van der Waals surface area contributed by atoms with Crippen LogP contribution in [-0.4, -0.2) is 42.0 Å². The number of anilines is 1. The maximum absolute atomic E-state index is 13.4. The van der Waals surface area contributed by atoms with Gasteiger partial charge in [0.15, 0.2) is 0 Å². The molecule has 0 N–H and O–H groups in total. The van der Waals surface area contributed by atoms with Crippen LogP contribution < -0.4 is 9.64 Å². The van der Waals surface area contributed by atoms with Crippen molar-refractivity contribution < 1.29 is 19.0 Å². The molecular weight excluding hydrogens is 584 g/mol. The number of ether oxygens (including phenoxy) is 3. The molecule has 0 aromatic heterocycles. The molecule has 0 bridgehead atoms. The normalized spacial score (nSPS) is 20.8. The zero-order chi connectivity index (χ0) is 33.2. The molecule has 3 aromatic rings. The molecule has 0 radical (unpaired) electrons. The number of aryl methyl sites for hydroxylation is 1. The third kappa shape index (κ3) is 7.64. The highest BCUT2D eigenvalue weighted by molar-refractivity contribution is 5.72. The van der Waals surface area contributed by atoms with Crippen LogP contribution >= 0.6 is 0 Å². The summed E-state index contributed by atoms with van der Waals surface area (Å²) in [5, 5.41) is 0. The summed E-state index contributed by atoms with van der Waals surface area (Å²) < 4.78 is 18.4. The molecule has 252 valence electrons. The minimum absolute atomic E-state index is 0.245. The number of nitrogens with zero attached hydrogens (tertiary/aromatic N) is 2. The van der Waals surface area contributed by atoms with Crippen molar-refractivity contribution >= 4 is 11.8 Å². The summed E-state index contributed by atoms with van der Waals surface area (Å²) in [6, 6.07) is 23.6. The van der Waals surface area contributed by atoms with Gasteiger partial charge in [-0.3, -0.25) is 4.90 Å². The van der Waals surface area contributed by atoms with Gasteiger partial charge in [0.1, 0.15) is 23.7 Å². The van der Waals surface area contributed by atoms with Crippen molar-refractivity contribution in [3.05, 3.63) is 83.4 Å². The summed E-state index contributed by atoms with van der Waals surface area (Å²) in [4.78, 5) is 17.8. The maximum atomic E-state index is 13.4. The van der Waals surface area contributed by atoms with E-state index in [0.717, 1.165) is 47.5 Å². The largest absolute Gasteiger partial charge is 0.489 e. The molecule has 1 spiro atoms. The van der Waals surface area contributed by atoms with Gasteiger partial charge in [-0.25, -0.2) is 4.79 Å². The Morgan fingerprint density at radius 2 is 1.64 bits per heavy atom. The van der Waals surface area contributed by atoms with Gasteiger partial charge in [-0.05, 0) is 130 Å². The number of benzene rings is 3. The Morgan fingerprint density at radius 1 is 0.894 bits per heavy atom. The van der Waals surface area contributed by atoms with Crippen molar-refractivity contribution in [2.24, 2.45) is 5.41 Å². The van der Waals surface area contributed by atoms with Crippen LogP contribution in [0.1, 0.15) is 109 Å². The maximum Gasteiger partial charge on any atom is 0.413 e. The van der Waals surface area contributed by atoms with E-state index in [-0.39, 0.29) is 12.1 Å². The van der Waals surface area contributed by atoms with Crippen molar-refractivity contribution in [3.63, 3.8) is 0 Å². The molecule has 3 aliphatic rings. The van der Waals surface area contributed by atoms with Gasteiger partial charge in [-0.1, -0.05) is 62.6 Å². The van der Waals surface area contributed by atoms with E-state index in [1.807, 2.05) is 40.7 Å². The van der Waals surface area contributed by atoms with Gasteiger partial charge in [-0.2, -0.15) is 0 Å². The van der Waals surface area contributed by atoms with E-state index < -0.39 is 11.3 Å². The number of carbonyl (C=O) groups excluding carboxylic acids is 1. The lowest BCUT2D eigenvalue weighted by molar-refractivity contribution is -0.0626. The Labute approximate surface area is 282 Å². The highest BCUT2D eigenvalue weighted by Gasteiger charge is 2.46. The first kappa shape index (κ1) is 33.4. The molecule has 2 heterocycles. The number of carbonyl (C=O) groups is 1. The standard InChI is InChI=1S/C41H54N2O4/c1-7-31-14-9-10-17-37(31)45-28-30-24-34(27-35(25-30)42-22-20-41(21-23-42)18-11-8-12-19-41)32-15-13-16-33(26-32)36-29-46-40(5,6)43(36)38(44)47-39(2,3)4/h9-10,13-17,24-27,36H,7-8,11-12,18-23,28-29H2,1-6H3/t36-/m0/s1. The molecule has 2 aliphatic heterocycles. The Hall–Kier alpha value is -3.51. The molecule has 1 aliphatic carbocycles. The van der Waals surface area contributed by atoms with Crippen LogP contribution in [0.15, 0.2) is 66.7 Å². The van der Waals surface area contributed by atoms with E-state index >= 15 is 0 Å². The quantitative estimate of drug-likeness (QED) is 0.258. The van der Waals surface area contributed by atoms with Gasteiger partial charge in [-0.15, -0.1) is 0 Å². The topological polar surface area (TPSA) is 51.2 Å². The lowest BCUT2D eigenvalue weighted by Gasteiger charge is -2.45. The number of hydrogen-bond acceptors (Lipinski definition) is 5. The molecule has 0 unspecified atom stereocenters. The summed E-state index contributed by atoms with van der Waals surface area (Å²) in [6.45, 7) is 14.9. The first-order valence-electron chi connectivity index (χ1n) is 17.8. The minimum Gasteiger partial charge on any atom is -0.489 e. The van der Waals surface area contributed by atoms with Crippen LogP contribution in [0.3, 0.4) is 0 Å². The number of piperidine rings is 1. The average Bonchev–Trinajstić information content (AvgIpc) is 3.38. The van der Waals surface area contributed by atoms with Crippen molar-refractivity contribution in [2.75, 3.05) is 24.6 Å². The molecule has 1 amide bonds. The smallest absolute Gasteiger partial charge is 0.413 e. The second-order valence-electron chi connectivity index (χ2n) is 15.4. The van der Waals surface area contributed by atoms with Crippen molar-refractivity contribution in [2.45, 2.75) is 117 Å². The molecule has 2 saturated heterocycles. The van der Waals surface area contributed by atoms with E-state index in [1.165, 1.54) is 56.2 Å². The summed E-state index contributed by atoms with van der Waals surface area (Å²) in [5.74, 6) is 0.951. The second-order valence-corrected chi connectivity index (χ2v) is 15.4. The lowest BCUT2D eigenvalue weighted by Crippen LogP contribution is -2.47. The van der Waals surface area contributed by atoms with Gasteiger partial charge in [0.2, 0.25) is 0 Å². The predicted octanol–water partition coefficient (Wildman–Crippen LogP) is 10.1. The average molecular weight is 639 g/mol. The molecule has 47 heavy (non-hydrogen) atoms. The third-order valence-corrected chi connectivity index (χ3v) is 10.5. The van der Waals surface area contributed by atoms with Gasteiger partial charge in [0.05, 0.1) is 12.6 Å². The third-order valence-electron chi connectivity index (χ3n) is 10.5. The zero-order valence-corrected chi connectivity index (χ0v) is 29.4. The van der Waals surface area contributed by atoms with Crippen LogP contribution in [0.2, 0.25) is 0 Å². The molecular formula is C41H54N2O4. The van der Waals surface area contributed by atoms with Crippen LogP contribution in [0, 0.1) is 5.41 Å². The summed E-state index contributed by atoms with van der Waals surface area (Å²) in [7, 11) is 0. The highest BCUT2D eigenvalue weighted by atomic mass is 16.6. The van der Waals surface area contributed by atoms with Crippen LogP contribution in [-0.2, 0) is 22.5 Å². The highest BCUT2D eigenvalue weighted by Crippen LogP contribution is 2.46. The van der Waals surface area contributed by atoms with Gasteiger partial charge in [0.25, 0.3) is 0 Å². The van der Waals surface area contributed by atoms with E-state index in [0.29, 0.717) is 18.6 Å². The number of rotatable bonds is 7. The monoisotopic (exact) mass is 638 g/mol. The molecule has 6 nitrogen and oxygen atoms in total. The van der Waals surface area contributed by atoms with Crippen molar-refractivity contribution in [1.82, 2.24) is 4.90 Å². The fourth-order valence-corrected chi connectivity index (χ4v) is 7.88. The van der Waals surface area contributed by atoms with Crippen LogP contribution in [0.5, 0.6) is 5.75 Å². The molecule has 1 saturated carbocycles. The Bertz CT molecular complexity index is 1540. The molecule has 1 atom stereocenters. The van der Waals surface area contributed by atoms with Crippen LogP contribution in [0.25, 0.3) is 11.1 Å². The van der Waals surface area contributed by atoms with Crippen molar-refractivity contribution in [3.8, 4) is 16.9 Å². The fourth-order valence-electron chi connectivity index (χ4n) is 7.88. The fraction of sp³-hybridized carbons (Fsp3) is 0.537. The lowest BCUT2D eigenvalue weighted by atomic mass is 9.68. The molecule has 6 heteroatoms. The minimum atomic E-state index is -0.772. The van der Waals surface area contributed by atoms with Gasteiger partial charge < -0.3 is 19.1 Å². The van der Waals surface area contributed by atoms with Gasteiger partial charge in [0, 0.05) is 18.8 Å².